The number of piperazine rings is 1. The summed E-state index contributed by atoms with van der Waals surface area (Å²) in [7, 11) is 0. The first-order chi connectivity index (χ1) is 29.3. The Labute approximate surface area is 350 Å². The van der Waals surface area contributed by atoms with Crippen molar-refractivity contribution in [3.8, 4) is 11.5 Å². The molecule has 2 N–H and O–H groups in total. The molecule has 0 radical (unpaired) electrons. The van der Waals surface area contributed by atoms with Gasteiger partial charge in [-0.2, -0.15) is 0 Å². The van der Waals surface area contributed by atoms with Gasteiger partial charge in [0.1, 0.15) is 24.1 Å². The molecule has 0 bridgehead atoms. The minimum Gasteiger partial charge on any atom is -0.508 e. The summed E-state index contributed by atoms with van der Waals surface area (Å²) in [5, 5.41) is 12.6. The van der Waals surface area contributed by atoms with Crippen LogP contribution in [0.4, 0.5) is 11.4 Å². The van der Waals surface area contributed by atoms with Crippen LogP contribution >= 0.6 is 0 Å². The second-order valence-electron chi connectivity index (χ2n) is 17.7. The van der Waals surface area contributed by atoms with Gasteiger partial charge in [-0.05, 0) is 83.8 Å². The van der Waals surface area contributed by atoms with Gasteiger partial charge >= 0.3 is 0 Å². The third-order valence-electron chi connectivity index (χ3n) is 14.3. The fourth-order valence-corrected chi connectivity index (χ4v) is 11.2. The number of carbonyl (C=O) groups excluding carboxylic acids is 3. The van der Waals surface area contributed by atoms with Crippen LogP contribution in [0.2, 0.25) is 0 Å². The van der Waals surface area contributed by atoms with Crippen molar-refractivity contribution in [1.82, 2.24) is 15.1 Å². The third-order valence-corrected chi connectivity index (χ3v) is 14.3. The summed E-state index contributed by atoms with van der Waals surface area (Å²) in [6, 6.07) is 29.3. The third kappa shape index (κ3) is 6.60. The minimum absolute atomic E-state index is 0.00423. The molecule has 4 aromatic rings. The van der Waals surface area contributed by atoms with Crippen LogP contribution in [-0.2, 0) is 32.0 Å². The van der Waals surface area contributed by atoms with Crippen LogP contribution in [0.25, 0.3) is 0 Å². The molecule has 12 nitrogen and oxygen atoms in total. The normalized spacial score (nSPS) is 27.2. The fourth-order valence-electron chi connectivity index (χ4n) is 11.2. The Morgan fingerprint density at radius 3 is 2.47 bits per heavy atom. The molecule has 1 aliphatic carbocycles. The van der Waals surface area contributed by atoms with Crippen LogP contribution in [0.5, 0.6) is 11.5 Å². The Morgan fingerprint density at radius 1 is 0.817 bits per heavy atom. The molecule has 4 aromatic carbocycles. The van der Waals surface area contributed by atoms with E-state index < -0.39 is 17.7 Å². The number of ether oxygens (including phenoxy) is 3. The Kier molecular flexibility index (Phi) is 9.35. The van der Waals surface area contributed by atoms with Gasteiger partial charge in [0, 0.05) is 81.3 Å². The van der Waals surface area contributed by atoms with E-state index in [9.17, 15) is 19.5 Å². The lowest BCUT2D eigenvalue weighted by Crippen LogP contribution is -2.58. The summed E-state index contributed by atoms with van der Waals surface area (Å²) in [5.74, 6) is 0.252. The van der Waals surface area contributed by atoms with Crippen molar-refractivity contribution in [3.05, 3.63) is 118 Å². The highest BCUT2D eigenvalue weighted by atomic mass is 16.7. The summed E-state index contributed by atoms with van der Waals surface area (Å²) in [6.07, 6.45) is 4.21. The zero-order valence-electron chi connectivity index (χ0n) is 33.8. The van der Waals surface area contributed by atoms with E-state index >= 15 is 0 Å². The van der Waals surface area contributed by atoms with Gasteiger partial charge in [-0.1, -0.05) is 48.5 Å². The first-order valence-corrected chi connectivity index (χ1v) is 21.7. The highest BCUT2D eigenvalue weighted by molar-refractivity contribution is 6.06. The van der Waals surface area contributed by atoms with Gasteiger partial charge in [-0.15, -0.1) is 0 Å². The largest absolute Gasteiger partial charge is 0.508 e. The predicted molar refractivity (Wildman–Crippen MR) is 224 cm³/mol. The zero-order chi connectivity index (χ0) is 40.5. The molecular weight excluding hydrogens is 759 g/mol. The standard InChI is InChI=1S/C48H51N5O7/c54-35-11-13-38-32(24-35)8-12-37(30-4-2-1-3-5-30)44(38)31-6-9-33(10-7-31)51-20-18-48(19-21-51)59-29-36(60-48)26-50-22-23-52-34(25-50)28-58-45-40-27-53(42-16-17-43(55)49-46(42)56)47(57)39(40)14-15-41(45)52/h1-7,9-11,13-15,24,34,36-37,42,44,54H,8,12,16-23,25-29H2,(H,49,55,56)/t34-,36?,37-,42?,44+/m1/s1. The molecular formula is C48H51N5O7. The Balaban J connectivity index is 0.700. The van der Waals surface area contributed by atoms with Gasteiger partial charge in [0.2, 0.25) is 11.8 Å². The molecule has 0 saturated carbocycles. The lowest BCUT2D eigenvalue weighted by atomic mass is 9.69. The zero-order valence-corrected chi connectivity index (χ0v) is 33.8. The number of aryl methyl sites for hydroxylation is 1. The number of imide groups is 1. The number of hydrogen-bond acceptors (Lipinski definition) is 10. The van der Waals surface area contributed by atoms with E-state index in [1.165, 1.54) is 27.9 Å². The number of amides is 3. The quantitative estimate of drug-likeness (QED) is 0.248. The van der Waals surface area contributed by atoms with Gasteiger partial charge in [0.15, 0.2) is 5.79 Å². The second-order valence-corrected chi connectivity index (χ2v) is 17.7. The summed E-state index contributed by atoms with van der Waals surface area (Å²) < 4.78 is 19.7. The smallest absolute Gasteiger partial charge is 0.255 e. The number of phenols is 1. The number of carbonyl (C=O) groups is 3. The van der Waals surface area contributed by atoms with E-state index in [0.717, 1.165) is 82.0 Å². The number of anilines is 2. The Bertz CT molecular complexity index is 2330. The SMILES string of the molecule is O=C1CCC(N2Cc3c(ccc4c3OC[C@H]3CN(CC5COC6(CCN(c7ccc([C@@H]8c9ccc(O)cc9CC[C@@H]8c8ccccc8)cc7)CC6)O5)CCN43)C2=O)C(=O)N1. The topological polar surface area (TPSA) is 124 Å². The molecule has 60 heavy (non-hydrogen) atoms. The van der Waals surface area contributed by atoms with Crippen molar-refractivity contribution < 1.29 is 33.7 Å². The predicted octanol–water partition coefficient (Wildman–Crippen LogP) is 5.31. The van der Waals surface area contributed by atoms with E-state index in [4.69, 9.17) is 14.2 Å². The summed E-state index contributed by atoms with van der Waals surface area (Å²) >= 11 is 0. The van der Waals surface area contributed by atoms with Gasteiger partial charge < -0.3 is 34.0 Å². The van der Waals surface area contributed by atoms with Crippen molar-refractivity contribution in [2.24, 2.45) is 0 Å². The number of benzene rings is 4. The van der Waals surface area contributed by atoms with Gasteiger partial charge in [-0.25, -0.2) is 0 Å². The molecule has 6 aliphatic heterocycles. The number of nitrogens with one attached hydrogen (secondary N) is 1. The van der Waals surface area contributed by atoms with Gasteiger partial charge in [0.05, 0.1) is 31.0 Å². The number of fused-ring (bicyclic) bond motifs is 6. The lowest BCUT2D eigenvalue weighted by Gasteiger charge is -2.46. The lowest BCUT2D eigenvalue weighted by molar-refractivity contribution is -0.181. The van der Waals surface area contributed by atoms with Crippen molar-refractivity contribution in [1.29, 1.82) is 0 Å². The van der Waals surface area contributed by atoms with Crippen molar-refractivity contribution >= 4 is 29.1 Å². The molecule has 4 saturated heterocycles. The molecule has 5 atom stereocenters. The highest BCUT2D eigenvalue weighted by Crippen LogP contribution is 2.48. The summed E-state index contributed by atoms with van der Waals surface area (Å²) in [6.45, 7) is 6.50. The van der Waals surface area contributed by atoms with Gasteiger partial charge in [0.25, 0.3) is 5.91 Å². The fraction of sp³-hybridized carbons (Fsp3) is 0.438. The first-order valence-electron chi connectivity index (χ1n) is 21.7. The first kappa shape index (κ1) is 37.6. The molecule has 11 rings (SSSR count). The van der Waals surface area contributed by atoms with Crippen molar-refractivity contribution in [3.63, 3.8) is 0 Å². The molecule has 0 aromatic heterocycles. The molecule has 1 spiro atoms. The number of rotatable bonds is 6. The average Bonchev–Trinajstić information content (AvgIpc) is 3.82. The van der Waals surface area contributed by atoms with Gasteiger partial charge in [-0.3, -0.25) is 24.6 Å². The number of aromatic hydroxyl groups is 1. The minimum atomic E-state index is -0.651. The Hall–Kier alpha value is -5.43. The molecule has 2 unspecified atom stereocenters. The van der Waals surface area contributed by atoms with Crippen LogP contribution in [0.3, 0.4) is 0 Å². The molecule has 7 aliphatic rings. The van der Waals surface area contributed by atoms with Crippen LogP contribution < -0.4 is 19.9 Å². The molecule has 12 heteroatoms. The monoisotopic (exact) mass is 809 g/mol. The highest BCUT2D eigenvalue weighted by Gasteiger charge is 2.46. The van der Waals surface area contributed by atoms with Crippen LogP contribution in [0.15, 0.2) is 84.9 Å². The number of nitrogens with zero attached hydrogens (tertiary/aromatic N) is 4. The van der Waals surface area contributed by atoms with Crippen LogP contribution in [0, 0.1) is 0 Å². The number of phenolic OH excluding ortho intramolecular Hbond substituents is 1. The van der Waals surface area contributed by atoms with Crippen molar-refractivity contribution in [2.75, 3.05) is 62.3 Å². The summed E-state index contributed by atoms with van der Waals surface area (Å²) in [4.78, 5) is 46.7. The second kappa shape index (κ2) is 14.9. The van der Waals surface area contributed by atoms with Crippen LogP contribution in [0.1, 0.15) is 82.1 Å². The van der Waals surface area contributed by atoms with Crippen LogP contribution in [-0.4, -0.2) is 109 Å². The van der Waals surface area contributed by atoms with E-state index in [1.807, 2.05) is 24.3 Å². The number of hydrogen-bond donors (Lipinski definition) is 2. The molecule has 6 heterocycles. The molecule has 3 amide bonds. The van der Waals surface area contributed by atoms with E-state index in [2.05, 4.69) is 80.7 Å². The maximum atomic E-state index is 13.4. The number of piperidine rings is 2. The Morgan fingerprint density at radius 2 is 1.65 bits per heavy atom. The van der Waals surface area contributed by atoms with Crippen molar-refractivity contribution in [2.45, 2.75) is 80.9 Å². The average molecular weight is 810 g/mol. The maximum Gasteiger partial charge on any atom is 0.255 e. The van der Waals surface area contributed by atoms with E-state index in [1.54, 1.807) is 4.90 Å². The maximum absolute atomic E-state index is 13.4. The molecule has 310 valence electrons. The van der Waals surface area contributed by atoms with E-state index in [-0.39, 0.29) is 36.3 Å². The summed E-state index contributed by atoms with van der Waals surface area (Å²) in [5.41, 5.74) is 8.86. The molecule has 4 fully saturated rings. The van der Waals surface area contributed by atoms with E-state index in [0.29, 0.717) is 43.4 Å².